The Morgan fingerprint density at radius 1 is 1.47 bits per heavy atom. The number of amidine groups is 1. The van der Waals surface area contributed by atoms with Crippen LogP contribution in [0.3, 0.4) is 0 Å². The molecule has 0 radical (unpaired) electrons. The van der Waals surface area contributed by atoms with Crippen LogP contribution in [-0.2, 0) is 9.53 Å². The number of unbranched alkanes of at least 4 members (excludes halogenated alkanes) is 1. The Hall–Kier alpha value is -0.900. The molecule has 1 N–H and O–H groups in total. The second-order valence-electron chi connectivity index (χ2n) is 4.26. The van der Waals surface area contributed by atoms with Gasteiger partial charge < -0.3 is 10.1 Å². The molecule has 1 fully saturated rings. The minimum atomic E-state index is -0.485. The predicted octanol–water partition coefficient (Wildman–Crippen LogP) is 1.25. The lowest BCUT2D eigenvalue weighted by molar-refractivity contribution is -0.126. The maximum atomic E-state index is 11.8. The van der Waals surface area contributed by atoms with Crippen LogP contribution < -0.4 is 5.32 Å². The molecule has 2 aliphatic rings. The Bertz CT molecular complexity index is 280. The Kier molecular flexibility index (Phi) is 3.05. The molecule has 4 heteroatoms. The first-order chi connectivity index (χ1) is 7.27. The van der Waals surface area contributed by atoms with Crippen molar-refractivity contribution in [1.82, 2.24) is 5.32 Å². The number of hydrogen-bond acceptors (Lipinski definition) is 3. The van der Waals surface area contributed by atoms with E-state index in [1.807, 2.05) is 0 Å². The van der Waals surface area contributed by atoms with Gasteiger partial charge in [0.25, 0.3) is 5.91 Å². The lowest BCUT2D eigenvalue weighted by atomic mass is 9.91. The van der Waals surface area contributed by atoms with Crippen LogP contribution in [0.1, 0.15) is 39.0 Å². The fourth-order valence-corrected chi connectivity index (χ4v) is 2.10. The highest BCUT2D eigenvalue weighted by atomic mass is 16.5. The molecule has 2 heterocycles. The first kappa shape index (κ1) is 10.6. The summed E-state index contributed by atoms with van der Waals surface area (Å²) in [6.45, 7) is 3.44. The summed E-state index contributed by atoms with van der Waals surface area (Å²) >= 11 is 0. The van der Waals surface area contributed by atoms with Crippen molar-refractivity contribution < 1.29 is 9.53 Å². The SMILES string of the molecule is CCCCC1=NC2(CCOCC2)C(=O)N1. The smallest absolute Gasteiger partial charge is 0.253 e. The molecule has 0 aliphatic carbocycles. The highest BCUT2D eigenvalue weighted by molar-refractivity contribution is 6.08. The van der Waals surface area contributed by atoms with Crippen LogP contribution in [0.15, 0.2) is 4.99 Å². The van der Waals surface area contributed by atoms with Crippen molar-refractivity contribution in [3.63, 3.8) is 0 Å². The van der Waals surface area contributed by atoms with Gasteiger partial charge in [0, 0.05) is 32.5 Å². The lowest BCUT2D eigenvalue weighted by Gasteiger charge is -2.27. The first-order valence-corrected chi connectivity index (χ1v) is 5.75. The Morgan fingerprint density at radius 2 is 2.20 bits per heavy atom. The summed E-state index contributed by atoms with van der Waals surface area (Å²) in [6.07, 6.45) is 4.57. The summed E-state index contributed by atoms with van der Waals surface area (Å²) in [6, 6.07) is 0. The van der Waals surface area contributed by atoms with Crippen LogP contribution in [0.5, 0.6) is 0 Å². The van der Waals surface area contributed by atoms with E-state index in [0.29, 0.717) is 13.2 Å². The highest BCUT2D eigenvalue weighted by Gasteiger charge is 2.44. The van der Waals surface area contributed by atoms with Gasteiger partial charge >= 0.3 is 0 Å². The zero-order valence-corrected chi connectivity index (χ0v) is 9.21. The lowest BCUT2D eigenvalue weighted by Crippen LogP contribution is -2.43. The second-order valence-corrected chi connectivity index (χ2v) is 4.26. The zero-order valence-electron chi connectivity index (χ0n) is 9.21. The number of ether oxygens (including phenoxy) is 1. The van der Waals surface area contributed by atoms with Crippen LogP contribution in [0.4, 0.5) is 0 Å². The molecule has 2 rings (SSSR count). The molecule has 0 aromatic rings. The standard InChI is InChI=1S/C11H18N2O2/c1-2-3-4-9-12-10(14)11(13-9)5-7-15-8-6-11/h2-8H2,1H3,(H,12,13,14). The molecule has 0 aromatic heterocycles. The maximum absolute atomic E-state index is 11.8. The van der Waals surface area contributed by atoms with Crippen molar-refractivity contribution in [2.24, 2.45) is 4.99 Å². The molecule has 2 aliphatic heterocycles. The Balaban J connectivity index is 2.04. The number of rotatable bonds is 3. The van der Waals surface area contributed by atoms with Crippen LogP contribution in [0.2, 0.25) is 0 Å². The van der Waals surface area contributed by atoms with Gasteiger partial charge in [0.2, 0.25) is 0 Å². The summed E-state index contributed by atoms with van der Waals surface area (Å²) in [5, 5.41) is 2.90. The van der Waals surface area contributed by atoms with Gasteiger partial charge in [-0.2, -0.15) is 0 Å². The molecule has 0 atom stereocenters. The molecular formula is C11H18N2O2. The molecule has 84 valence electrons. The zero-order chi connectivity index (χ0) is 10.7. The van der Waals surface area contributed by atoms with Gasteiger partial charge in [-0.1, -0.05) is 13.3 Å². The molecule has 0 unspecified atom stereocenters. The number of hydrogen-bond donors (Lipinski definition) is 1. The average molecular weight is 210 g/mol. The molecule has 15 heavy (non-hydrogen) atoms. The minimum absolute atomic E-state index is 0.0805. The Morgan fingerprint density at radius 3 is 2.87 bits per heavy atom. The molecule has 1 amide bonds. The van der Waals surface area contributed by atoms with Crippen molar-refractivity contribution in [2.45, 2.75) is 44.6 Å². The predicted molar refractivity (Wildman–Crippen MR) is 57.9 cm³/mol. The highest BCUT2D eigenvalue weighted by Crippen LogP contribution is 2.29. The van der Waals surface area contributed by atoms with Crippen molar-refractivity contribution >= 4 is 11.7 Å². The molecule has 0 saturated carbocycles. The normalized spacial score (nSPS) is 24.1. The summed E-state index contributed by atoms with van der Waals surface area (Å²) in [7, 11) is 0. The van der Waals surface area contributed by atoms with Crippen molar-refractivity contribution in [1.29, 1.82) is 0 Å². The third kappa shape index (κ3) is 2.04. The number of carbonyl (C=O) groups is 1. The van der Waals surface area contributed by atoms with E-state index < -0.39 is 5.54 Å². The number of amides is 1. The van der Waals surface area contributed by atoms with Gasteiger partial charge in [-0.15, -0.1) is 0 Å². The first-order valence-electron chi connectivity index (χ1n) is 5.75. The number of carbonyl (C=O) groups excluding carboxylic acids is 1. The fourth-order valence-electron chi connectivity index (χ4n) is 2.10. The monoisotopic (exact) mass is 210 g/mol. The van der Waals surface area contributed by atoms with E-state index in [4.69, 9.17) is 4.74 Å². The third-order valence-corrected chi connectivity index (χ3v) is 3.12. The Labute approximate surface area is 90.1 Å². The summed E-state index contributed by atoms with van der Waals surface area (Å²) in [4.78, 5) is 16.4. The third-order valence-electron chi connectivity index (χ3n) is 3.12. The average Bonchev–Trinajstić information content (AvgIpc) is 2.54. The van der Waals surface area contributed by atoms with Gasteiger partial charge in [0.15, 0.2) is 0 Å². The van der Waals surface area contributed by atoms with Crippen LogP contribution in [0, 0.1) is 0 Å². The minimum Gasteiger partial charge on any atom is -0.381 e. The van der Waals surface area contributed by atoms with Crippen LogP contribution >= 0.6 is 0 Å². The van der Waals surface area contributed by atoms with Crippen LogP contribution in [0.25, 0.3) is 0 Å². The van der Waals surface area contributed by atoms with Crippen LogP contribution in [-0.4, -0.2) is 30.5 Å². The topological polar surface area (TPSA) is 50.7 Å². The number of nitrogens with zero attached hydrogens (tertiary/aromatic N) is 1. The molecule has 1 saturated heterocycles. The summed E-state index contributed by atoms with van der Waals surface area (Å²) < 4.78 is 5.27. The number of aliphatic imine (C=N–C) groups is 1. The summed E-state index contributed by atoms with van der Waals surface area (Å²) in [5.74, 6) is 0.959. The van der Waals surface area contributed by atoms with E-state index in [0.717, 1.165) is 37.9 Å². The van der Waals surface area contributed by atoms with Gasteiger partial charge in [0.05, 0.1) is 0 Å². The fraction of sp³-hybridized carbons (Fsp3) is 0.818. The van der Waals surface area contributed by atoms with E-state index in [1.54, 1.807) is 0 Å². The van der Waals surface area contributed by atoms with Gasteiger partial charge in [0.1, 0.15) is 11.4 Å². The molecular weight excluding hydrogens is 192 g/mol. The van der Waals surface area contributed by atoms with E-state index in [2.05, 4.69) is 17.2 Å². The molecule has 0 bridgehead atoms. The van der Waals surface area contributed by atoms with E-state index in [-0.39, 0.29) is 5.91 Å². The van der Waals surface area contributed by atoms with Gasteiger partial charge in [-0.3, -0.25) is 9.79 Å². The van der Waals surface area contributed by atoms with E-state index >= 15 is 0 Å². The van der Waals surface area contributed by atoms with Gasteiger partial charge in [-0.05, 0) is 6.42 Å². The summed E-state index contributed by atoms with van der Waals surface area (Å²) in [5.41, 5.74) is -0.485. The number of nitrogens with one attached hydrogen (secondary N) is 1. The molecule has 0 aromatic carbocycles. The quantitative estimate of drug-likeness (QED) is 0.762. The largest absolute Gasteiger partial charge is 0.381 e. The van der Waals surface area contributed by atoms with Crippen molar-refractivity contribution in [3.05, 3.63) is 0 Å². The van der Waals surface area contributed by atoms with E-state index in [9.17, 15) is 4.79 Å². The van der Waals surface area contributed by atoms with Crippen molar-refractivity contribution in [3.8, 4) is 0 Å². The van der Waals surface area contributed by atoms with E-state index in [1.165, 1.54) is 0 Å². The van der Waals surface area contributed by atoms with Crippen molar-refractivity contribution in [2.75, 3.05) is 13.2 Å². The van der Waals surface area contributed by atoms with Gasteiger partial charge in [-0.25, -0.2) is 0 Å². The second kappa shape index (κ2) is 4.31. The molecule has 4 nitrogen and oxygen atoms in total. The molecule has 1 spiro atoms. The maximum Gasteiger partial charge on any atom is 0.253 e.